The Morgan fingerprint density at radius 1 is 1.05 bits per heavy atom. The Hall–Kier alpha value is -2.69. The molecule has 0 atom stereocenters. The van der Waals surface area contributed by atoms with E-state index in [0.717, 1.165) is 22.7 Å². The van der Waals surface area contributed by atoms with E-state index in [1.54, 1.807) is 0 Å². The summed E-state index contributed by atoms with van der Waals surface area (Å²) in [6.07, 6.45) is 0.418. The number of amides is 1. The first-order valence-corrected chi connectivity index (χ1v) is 7.25. The number of carbonyl (C=O) groups is 1. The van der Waals surface area contributed by atoms with Crippen LogP contribution in [0.3, 0.4) is 0 Å². The zero-order chi connectivity index (χ0) is 15.2. The van der Waals surface area contributed by atoms with Crippen LogP contribution in [-0.2, 0) is 11.3 Å². The van der Waals surface area contributed by atoms with Crippen LogP contribution in [0.1, 0.15) is 12.0 Å². The first kappa shape index (κ1) is 14.3. The molecule has 0 bridgehead atoms. The van der Waals surface area contributed by atoms with E-state index in [1.165, 1.54) is 0 Å². The minimum atomic E-state index is 0.0251. The molecule has 0 unspecified atom stereocenters. The summed E-state index contributed by atoms with van der Waals surface area (Å²) < 4.78 is 10.6. The molecule has 1 amide bonds. The molecule has 1 heterocycles. The van der Waals surface area contributed by atoms with Crippen LogP contribution < -0.4 is 20.1 Å². The van der Waals surface area contributed by atoms with Gasteiger partial charge in [-0.1, -0.05) is 30.3 Å². The summed E-state index contributed by atoms with van der Waals surface area (Å²) >= 11 is 0. The number of rotatable bonds is 6. The zero-order valence-corrected chi connectivity index (χ0v) is 12.2. The average molecular weight is 298 g/mol. The Labute approximate surface area is 129 Å². The van der Waals surface area contributed by atoms with Crippen molar-refractivity contribution in [2.75, 3.05) is 18.7 Å². The van der Waals surface area contributed by atoms with Crippen molar-refractivity contribution in [3.05, 3.63) is 54.1 Å². The number of fused-ring (bicyclic) bond motifs is 1. The maximum Gasteiger partial charge on any atom is 0.231 e. The van der Waals surface area contributed by atoms with Crippen molar-refractivity contribution in [1.82, 2.24) is 5.32 Å². The molecule has 3 rings (SSSR count). The molecule has 0 fully saturated rings. The van der Waals surface area contributed by atoms with E-state index in [-0.39, 0.29) is 12.7 Å². The van der Waals surface area contributed by atoms with Gasteiger partial charge in [0, 0.05) is 31.3 Å². The smallest absolute Gasteiger partial charge is 0.231 e. The van der Waals surface area contributed by atoms with E-state index < -0.39 is 0 Å². The van der Waals surface area contributed by atoms with E-state index >= 15 is 0 Å². The molecule has 22 heavy (non-hydrogen) atoms. The highest BCUT2D eigenvalue weighted by molar-refractivity contribution is 5.76. The van der Waals surface area contributed by atoms with Gasteiger partial charge in [-0.3, -0.25) is 4.79 Å². The van der Waals surface area contributed by atoms with Crippen molar-refractivity contribution in [3.63, 3.8) is 0 Å². The highest BCUT2D eigenvalue weighted by Crippen LogP contribution is 2.34. The molecule has 114 valence electrons. The molecule has 0 aliphatic carbocycles. The van der Waals surface area contributed by atoms with Crippen molar-refractivity contribution in [1.29, 1.82) is 0 Å². The van der Waals surface area contributed by atoms with Crippen LogP contribution in [0.15, 0.2) is 48.5 Å². The fourth-order valence-electron chi connectivity index (χ4n) is 2.21. The highest BCUT2D eigenvalue weighted by atomic mass is 16.7. The van der Waals surface area contributed by atoms with Crippen LogP contribution >= 0.6 is 0 Å². The Balaban J connectivity index is 1.40. The van der Waals surface area contributed by atoms with Gasteiger partial charge in [0.05, 0.1) is 0 Å². The normalized spacial score (nSPS) is 12.0. The maximum absolute atomic E-state index is 11.8. The fraction of sp³-hybridized carbons (Fsp3) is 0.235. The number of hydrogen-bond donors (Lipinski definition) is 2. The van der Waals surface area contributed by atoms with Gasteiger partial charge in [-0.05, 0) is 17.7 Å². The van der Waals surface area contributed by atoms with Crippen LogP contribution in [-0.4, -0.2) is 19.2 Å². The SMILES string of the molecule is O=C(CCNc1ccc2c(c1)OCO2)NCc1ccccc1. The molecule has 0 aromatic heterocycles. The number of nitrogens with one attached hydrogen (secondary N) is 2. The van der Waals surface area contributed by atoms with Gasteiger partial charge in [-0.15, -0.1) is 0 Å². The van der Waals surface area contributed by atoms with Gasteiger partial charge in [0.1, 0.15) is 0 Å². The monoisotopic (exact) mass is 298 g/mol. The summed E-state index contributed by atoms with van der Waals surface area (Å²) in [4.78, 5) is 11.8. The van der Waals surface area contributed by atoms with Crippen molar-refractivity contribution in [3.8, 4) is 11.5 Å². The fourth-order valence-corrected chi connectivity index (χ4v) is 2.21. The van der Waals surface area contributed by atoms with Gasteiger partial charge < -0.3 is 20.1 Å². The van der Waals surface area contributed by atoms with E-state index in [2.05, 4.69) is 10.6 Å². The van der Waals surface area contributed by atoms with E-state index in [1.807, 2.05) is 48.5 Å². The molecule has 0 saturated carbocycles. The first-order chi connectivity index (χ1) is 10.8. The van der Waals surface area contributed by atoms with Crippen molar-refractivity contribution in [2.24, 2.45) is 0 Å². The van der Waals surface area contributed by atoms with E-state index in [0.29, 0.717) is 19.5 Å². The number of anilines is 1. The van der Waals surface area contributed by atoms with E-state index in [4.69, 9.17) is 9.47 Å². The lowest BCUT2D eigenvalue weighted by Crippen LogP contribution is -2.24. The summed E-state index contributed by atoms with van der Waals surface area (Å²) in [6.45, 7) is 1.39. The summed E-state index contributed by atoms with van der Waals surface area (Å²) in [7, 11) is 0. The third-order valence-corrected chi connectivity index (χ3v) is 3.39. The number of carbonyl (C=O) groups excluding carboxylic acids is 1. The number of ether oxygens (including phenoxy) is 2. The topological polar surface area (TPSA) is 59.6 Å². The molecular weight excluding hydrogens is 280 g/mol. The van der Waals surface area contributed by atoms with Crippen LogP contribution in [0.2, 0.25) is 0 Å². The summed E-state index contributed by atoms with van der Waals surface area (Å²) in [5.74, 6) is 1.52. The van der Waals surface area contributed by atoms with Crippen LogP contribution in [0.5, 0.6) is 11.5 Å². The Morgan fingerprint density at radius 3 is 2.73 bits per heavy atom. The van der Waals surface area contributed by atoms with Gasteiger partial charge in [0.2, 0.25) is 12.7 Å². The standard InChI is InChI=1S/C17H18N2O3/c20-17(19-11-13-4-2-1-3-5-13)8-9-18-14-6-7-15-16(10-14)22-12-21-15/h1-7,10,18H,8-9,11-12H2,(H,19,20). The third-order valence-electron chi connectivity index (χ3n) is 3.39. The predicted octanol–water partition coefficient (Wildman–Crippen LogP) is 2.53. The largest absolute Gasteiger partial charge is 0.454 e. The zero-order valence-electron chi connectivity index (χ0n) is 12.2. The summed E-state index contributed by atoms with van der Waals surface area (Å²) in [5, 5.41) is 6.11. The van der Waals surface area contributed by atoms with Gasteiger partial charge in [-0.2, -0.15) is 0 Å². The molecule has 5 nitrogen and oxygen atoms in total. The molecule has 0 radical (unpaired) electrons. The Bertz CT molecular complexity index is 644. The molecular formula is C17H18N2O3. The molecule has 0 spiro atoms. The molecule has 0 saturated heterocycles. The maximum atomic E-state index is 11.8. The second-order valence-corrected chi connectivity index (χ2v) is 5.01. The second kappa shape index (κ2) is 6.85. The molecule has 1 aliphatic rings. The van der Waals surface area contributed by atoms with Crippen LogP contribution in [0, 0.1) is 0 Å². The number of hydrogen-bond acceptors (Lipinski definition) is 4. The minimum absolute atomic E-state index is 0.0251. The minimum Gasteiger partial charge on any atom is -0.454 e. The molecule has 2 aromatic carbocycles. The predicted molar refractivity (Wildman–Crippen MR) is 84.0 cm³/mol. The van der Waals surface area contributed by atoms with Gasteiger partial charge in [0.15, 0.2) is 11.5 Å². The van der Waals surface area contributed by atoms with Gasteiger partial charge in [0.25, 0.3) is 0 Å². The lowest BCUT2D eigenvalue weighted by atomic mass is 10.2. The lowest BCUT2D eigenvalue weighted by molar-refractivity contribution is -0.121. The summed E-state index contributed by atoms with van der Waals surface area (Å²) in [5.41, 5.74) is 2.01. The van der Waals surface area contributed by atoms with Crippen molar-refractivity contribution < 1.29 is 14.3 Å². The lowest BCUT2D eigenvalue weighted by Gasteiger charge is -2.08. The molecule has 5 heteroatoms. The molecule has 2 aromatic rings. The van der Waals surface area contributed by atoms with Gasteiger partial charge in [-0.25, -0.2) is 0 Å². The Morgan fingerprint density at radius 2 is 1.86 bits per heavy atom. The van der Waals surface area contributed by atoms with Gasteiger partial charge >= 0.3 is 0 Å². The van der Waals surface area contributed by atoms with E-state index in [9.17, 15) is 4.79 Å². The first-order valence-electron chi connectivity index (χ1n) is 7.25. The third kappa shape index (κ3) is 3.69. The van der Waals surface area contributed by atoms with Crippen LogP contribution in [0.25, 0.3) is 0 Å². The quantitative estimate of drug-likeness (QED) is 0.860. The molecule has 1 aliphatic heterocycles. The van der Waals surface area contributed by atoms with Crippen molar-refractivity contribution >= 4 is 11.6 Å². The summed E-state index contributed by atoms with van der Waals surface area (Å²) in [6, 6.07) is 15.5. The highest BCUT2D eigenvalue weighted by Gasteiger charge is 2.13. The molecule has 2 N–H and O–H groups in total. The van der Waals surface area contributed by atoms with Crippen molar-refractivity contribution in [2.45, 2.75) is 13.0 Å². The number of benzene rings is 2. The average Bonchev–Trinajstić information content (AvgIpc) is 3.02. The van der Waals surface area contributed by atoms with Crippen LogP contribution in [0.4, 0.5) is 5.69 Å². The Kier molecular flexibility index (Phi) is 4.44. The second-order valence-electron chi connectivity index (χ2n) is 5.01.